The van der Waals surface area contributed by atoms with Crippen molar-refractivity contribution < 1.29 is 9.50 Å². The molecule has 2 nitrogen and oxygen atoms in total. The first-order chi connectivity index (χ1) is 7.72. The summed E-state index contributed by atoms with van der Waals surface area (Å²) in [6.07, 6.45) is 1.50. The van der Waals surface area contributed by atoms with E-state index in [0.29, 0.717) is 21.8 Å². The summed E-state index contributed by atoms with van der Waals surface area (Å²) < 4.78 is 13.5. The maximum atomic E-state index is 13.5. The number of halogens is 2. The molecule has 0 saturated heterocycles. The summed E-state index contributed by atoms with van der Waals surface area (Å²) in [7, 11) is 0. The third kappa shape index (κ3) is 2.05. The molecule has 0 amide bonds. The zero-order chi connectivity index (χ0) is 11.5. The molecule has 0 saturated carbocycles. The molecule has 4 heteroatoms. The molecule has 16 heavy (non-hydrogen) atoms. The number of aromatic nitrogens is 1. The maximum Gasteiger partial charge on any atom is 0.131 e. The second kappa shape index (κ2) is 4.60. The van der Waals surface area contributed by atoms with Gasteiger partial charge in [-0.15, -0.1) is 0 Å². The molecule has 1 N–H and O–H groups in total. The second-order valence-electron chi connectivity index (χ2n) is 3.29. The molecule has 2 rings (SSSR count). The highest BCUT2D eigenvalue weighted by Gasteiger charge is 2.07. The van der Waals surface area contributed by atoms with Gasteiger partial charge >= 0.3 is 0 Å². The van der Waals surface area contributed by atoms with E-state index < -0.39 is 0 Å². The predicted molar refractivity (Wildman–Crippen MR) is 60.6 cm³/mol. The molecule has 0 unspecified atom stereocenters. The van der Waals surface area contributed by atoms with Gasteiger partial charge in [-0.25, -0.2) is 4.39 Å². The van der Waals surface area contributed by atoms with E-state index >= 15 is 0 Å². The fourth-order valence-corrected chi connectivity index (χ4v) is 1.65. The van der Waals surface area contributed by atoms with Crippen molar-refractivity contribution in [2.75, 3.05) is 0 Å². The van der Waals surface area contributed by atoms with Crippen LogP contribution in [0.3, 0.4) is 0 Å². The van der Waals surface area contributed by atoms with Crippen molar-refractivity contribution in [1.29, 1.82) is 0 Å². The highest BCUT2D eigenvalue weighted by atomic mass is 35.5. The van der Waals surface area contributed by atoms with Crippen LogP contribution >= 0.6 is 11.6 Å². The van der Waals surface area contributed by atoms with E-state index in [9.17, 15) is 4.39 Å². The minimum Gasteiger partial charge on any atom is -0.390 e. The lowest BCUT2D eigenvalue weighted by Gasteiger charge is -2.05. The van der Waals surface area contributed by atoms with Gasteiger partial charge in [-0.1, -0.05) is 29.8 Å². The van der Waals surface area contributed by atoms with Gasteiger partial charge in [0, 0.05) is 17.3 Å². The lowest BCUT2D eigenvalue weighted by atomic mass is 10.1. The van der Waals surface area contributed by atoms with Gasteiger partial charge in [0.1, 0.15) is 5.82 Å². The summed E-state index contributed by atoms with van der Waals surface area (Å²) in [5.41, 5.74) is 1.43. The van der Waals surface area contributed by atoms with Crippen LogP contribution in [0.5, 0.6) is 0 Å². The zero-order valence-corrected chi connectivity index (χ0v) is 9.08. The Balaban J connectivity index is 2.50. The van der Waals surface area contributed by atoms with Crippen LogP contribution in [0.15, 0.2) is 36.5 Å². The van der Waals surface area contributed by atoms with Gasteiger partial charge < -0.3 is 5.11 Å². The van der Waals surface area contributed by atoms with Crippen LogP contribution in [0.4, 0.5) is 4.39 Å². The van der Waals surface area contributed by atoms with Gasteiger partial charge in [0.15, 0.2) is 0 Å². The molecule has 0 spiro atoms. The molecule has 1 aromatic carbocycles. The van der Waals surface area contributed by atoms with Crippen molar-refractivity contribution in [3.05, 3.63) is 53.1 Å². The van der Waals surface area contributed by atoms with Crippen LogP contribution in [-0.4, -0.2) is 10.1 Å². The highest BCUT2D eigenvalue weighted by molar-refractivity contribution is 6.31. The van der Waals surface area contributed by atoms with Crippen molar-refractivity contribution in [3.63, 3.8) is 0 Å². The van der Waals surface area contributed by atoms with Gasteiger partial charge in [-0.2, -0.15) is 0 Å². The molecular weight excluding hydrogens is 229 g/mol. The summed E-state index contributed by atoms with van der Waals surface area (Å²) >= 11 is 5.89. The molecule has 0 atom stereocenters. The first kappa shape index (κ1) is 11.0. The van der Waals surface area contributed by atoms with Crippen molar-refractivity contribution in [2.45, 2.75) is 6.61 Å². The van der Waals surface area contributed by atoms with Crippen LogP contribution < -0.4 is 0 Å². The monoisotopic (exact) mass is 237 g/mol. The molecule has 0 bridgehead atoms. The minimum absolute atomic E-state index is 0.226. The van der Waals surface area contributed by atoms with Gasteiger partial charge in [-0.3, -0.25) is 4.98 Å². The first-order valence-electron chi connectivity index (χ1n) is 4.72. The Morgan fingerprint density at radius 1 is 1.31 bits per heavy atom. The third-order valence-electron chi connectivity index (χ3n) is 2.25. The molecule has 1 aromatic heterocycles. The van der Waals surface area contributed by atoms with Gasteiger partial charge in [0.25, 0.3) is 0 Å². The van der Waals surface area contributed by atoms with Gasteiger partial charge in [0.05, 0.1) is 17.3 Å². The summed E-state index contributed by atoms with van der Waals surface area (Å²) in [6.45, 7) is -0.226. The molecular formula is C12H9ClFNO. The fraction of sp³-hybridized carbons (Fsp3) is 0.0833. The third-order valence-corrected chi connectivity index (χ3v) is 2.58. The Bertz CT molecular complexity index is 516. The average molecular weight is 238 g/mol. The van der Waals surface area contributed by atoms with Crippen molar-refractivity contribution in [1.82, 2.24) is 4.98 Å². The molecule has 82 valence electrons. The highest BCUT2D eigenvalue weighted by Crippen LogP contribution is 2.25. The van der Waals surface area contributed by atoms with Crippen LogP contribution in [-0.2, 0) is 6.61 Å². The fourth-order valence-electron chi connectivity index (χ4n) is 1.43. The Labute approximate surface area is 97.3 Å². The largest absolute Gasteiger partial charge is 0.390 e. The standard InChI is InChI=1S/C12H9ClFNO/c13-10-5-8(6-15-12(10)7-16)9-3-1-2-4-11(9)14/h1-6,16H,7H2. The SMILES string of the molecule is OCc1ncc(-c2ccccc2F)cc1Cl. The lowest BCUT2D eigenvalue weighted by molar-refractivity contribution is 0.277. The van der Waals surface area contributed by atoms with Crippen LogP contribution in [0.25, 0.3) is 11.1 Å². The van der Waals surface area contributed by atoms with E-state index in [4.69, 9.17) is 16.7 Å². The van der Waals surface area contributed by atoms with Crippen molar-refractivity contribution in [3.8, 4) is 11.1 Å². The average Bonchev–Trinajstić information content (AvgIpc) is 2.29. The Kier molecular flexibility index (Phi) is 3.17. The van der Waals surface area contributed by atoms with E-state index in [-0.39, 0.29) is 12.4 Å². The van der Waals surface area contributed by atoms with Gasteiger partial charge in [0.2, 0.25) is 0 Å². The van der Waals surface area contributed by atoms with Crippen LogP contribution in [0.2, 0.25) is 5.02 Å². The predicted octanol–water partition coefficient (Wildman–Crippen LogP) is 3.03. The maximum absolute atomic E-state index is 13.5. The van der Waals surface area contributed by atoms with E-state index in [1.165, 1.54) is 12.3 Å². The lowest BCUT2D eigenvalue weighted by Crippen LogP contribution is -1.92. The molecule has 0 aliphatic carbocycles. The van der Waals surface area contributed by atoms with Gasteiger partial charge in [-0.05, 0) is 12.1 Å². The van der Waals surface area contributed by atoms with E-state index in [2.05, 4.69) is 4.98 Å². The number of rotatable bonds is 2. The second-order valence-corrected chi connectivity index (χ2v) is 3.70. The Hall–Kier alpha value is -1.45. The number of aliphatic hydroxyl groups is 1. The minimum atomic E-state index is -0.322. The summed E-state index contributed by atoms with van der Waals surface area (Å²) in [5, 5.41) is 9.25. The summed E-state index contributed by atoms with van der Waals surface area (Å²) in [4.78, 5) is 3.97. The molecule has 2 aromatic rings. The van der Waals surface area contributed by atoms with Crippen LogP contribution in [0.1, 0.15) is 5.69 Å². The molecule has 0 aliphatic rings. The number of hydrogen-bond acceptors (Lipinski definition) is 2. The molecule has 0 fully saturated rings. The van der Waals surface area contributed by atoms with Crippen LogP contribution in [0, 0.1) is 5.82 Å². The molecule has 0 aliphatic heterocycles. The quantitative estimate of drug-likeness (QED) is 0.871. The summed E-state index contributed by atoms with van der Waals surface area (Å²) in [6, 6.07) is 7.99. The number of hydrogen-bond donors (Lipinski definition) is 1. The number of aliphatic hydroxyl groups excluding tert-OH is 1. The first-order valence-corrected chi connectivity index (χ1v) is 5.10. The smallest absolute Gasteiger partial charge is 0.131 e. The van der Waals surface area contributed by atoms with E-state index in [1.54, 1.807) is 24.3 Å². The molecule has 0 radical (unpaired) electrons. The van der Waals surface area contributed by atoms with Crippen molar-refractivity contribution >= 4 is 11.6 Å². The normalized spacial score (nSPS) is 10.4. The number of benzene rings is 1. The van der Waals surface area contributed by atoms with E-state index in [1.807, 2.05) is 0 Å². The summed E-state index contributed by atoms with van der Waals surface area (Å²) in [5.74, 6) is -0.322. The molecule has 1 heterocycles. The zero-order valence-electron chi connectivity index (χ0n) is 8.32. The van der Waals surface area contributed by atoms with E-state index in [0.717, 1.165) is 0 Å². The Morgan fingerprint density at radius 2 is 2.06 bits per heavy atom. The Morgan fingerprint density at radius 3 is 2.69 bits per heavy atom. The van der Waals surface area contributed by atoms with Crippen molar-refractivity contribution in [2.24, 2.45) is 0 Å². The number of nitrogens with zero attached hydrogens (tertiary/aromatic N) is 1. The topological polar surface area (TPSA) is 33.1 Å². The number of pyridine rings is 1.